The van der Waals surface area contributed by atoms with E-state index in [0.29, 0.717) is 11.1 Å². The summed E-state index contributed by atoms with van der Waals surface area (Å²) in [6.07, 6.45) is -1.20. The third kappa shape index (κ3) is 5.31. The van der Waals surface area contributed by atoms with E-state index in [-0.39, 0.29) is 17.2 Å². The molecule has 1 heterocycles. The van der Waals surface area contributed by atoms with Crippen LogP contribution in [0.1, 0.15) is 15.9 Å². The maximum absolute atomic E-state index is 13.0. The molecule has 1 N–H and O–H groups in total. The van der Waals surface area contributed by atoms with E-state index in [4.69, 9.17) is 4.74 Å². The minimum Gasteiger partial charge on any atom is -0.465 e. The number of nitrogens with one attached hydrogen (secondary N) is 1. The van der Waals surface area contributed by atoms with Crippen molar-refractivity contribution in [3.63, 3.8) is 0 Å². The number of methoxy groups -OCH3 is 1. The predicted molar refractivity (Wildman–Crippen MR) is 99.0 cm³/mol. The fourth-order valence-electron chi connectivity index (χ4n) is 2.42. The second-order valence-electron chi connectivity index (χ2n) is 5.93. The lowest BCUT2D eigenvalue weighted by atomic mass is 10.1. The van der Waals surface area contributed by atoms with Crippen molar-refractivity contribution >= 4 is 29.6 Å². The summed E-state index contributed by atoms with van der Waals surface area (Å²) in [4.78, 5) is 35.0. The Labute approximate surface area is 169 Å². The summed E-state index contributed by atoms with van der Waals surface area (Å²) in [5.74, 6) is -2.31. The van der Waals surface area contributed by atoms with Crippen molar-refractivity contribution in [2.45, 2.75) is 6.29 Å². The number of anilines is 1. The molecule has 0 radical (unpaired) electrons. The average Bonchev–Trinajstić information content (AvgIpc) is 3.03. The van der Waals surface area contributed by atoms with Gasteiger partial charge in [-0.25, -0.2) is 9.59 Å². The largest absolute Gasteiger partial charge is 0.586 e. The lowest BCUT2D eigenvalue weighted by molar-refractivity contribution is -0.286. The summed E-state index contributed by atoms with van der Waals surface area (Å²) >= 11 is 0. The molecule has 1 aliphatic heterocycles. The van der Waals surface area contributed by atoms with E-state index in [1.165, 1.54) is 37.5 Å². The Morgan fingerprint density at radius 2 is 1.77 bits per heavy atom. The Balaban J connectivity index is 1.47. The molecule has 0 unspecified atom stereocenters. The Bertz CT molecular complexity index is 1000. The van der Waals surface area contributed by atoms with E-state index in [0.717, 1.165) is 12.1 Å². The molecule has 0 atom stereocenters. The van der Waals surface area contributed by atoms with Crippen LogP contribution in [0.5, 0.6) is 11.5 Å². The number of ether oxygens (including phenoxy) is 4. The van der Waals surface area contributed by atoms with Crippen LogP contribution in [0, 0.1) is 0 Å². The summed E-state index contributed by atoms with van der Waals surface area (Å²) in [5.41, 5.74) is 1.15. The number of benzene rings is 2. The van der Waals surface area contributed by atoms with Crippen LogP contribution in [-0.4, -0.2) is 37.9 Å². The molecule has 156 valence electrons. The second-order valence-corrected chi connectivity index (χ2v) is 5.93. The fourth-order valence-corrected chi connectivity index (χ4v) is 2.42. The zero-order valence-corrected chi connectivity index (χ0v) is 15.5. The molecule has 3 rings (SSSR count). The lowest BCUT2D eigenvalue weighted by Crippen LogP contribution is -2.25. The SMILES string of the molecule is COC(=O)c1ccc(/C=C/C(=O)OCC(=O)Nc2ccc3c(c2)OC(F)(F)O3)cc1. The van der Waals surface area contributed by atoms with Gasteiger partial charge in [0, 0.05) is 17.8 Å². The molecule has 1 amide bonds. The van der Waals surface area contributed by atoms with Gasteiger partial charge in [0.25, 0.3) is 5.91 Å². The smallest absolute Gasteiger partial charge is 0.465 e. The fraction of sp³-hybridized carbons (Fsp3) is 0.150. The molecular formula is C20H15F2NO7. The summed E-state index contributed by atoms with van der Waals surface area (Å²) in [6.45, 7) is -0.588. The van der Waals surface area contributed by atoms with Crippen molar-refractivity contribution in [1.82, 2.24) is 0 Å². The van der Waals surface area contributed by atoms with Crippen LogP contribution in [0.15, 0.2) is 48.5 Å². The van der Waals surface area contributed by atoms with E-state index >= 15 is 0 Å². The number of esters is 2. The molecule has 0 aromatic heterocycles. The van der Waals surface area contributed by atoms with Crippen molar-refractivity contribution in [3.05, 3.63) is 59.7 Å². The Morgan fingerprint density at radius 3 is 2.47 bits per heavy atom. The standard InChI is InChI=1S/C20H15F2NO7/c1-27-19(26)13-5-2-12(3-6-13)4-9-18(25)28-11-17(24)23-14-7-8-15-16(10-14)30-20(21,22)29-15/h2-10H,11H2,1H3,(H,23,24)/b9-4+. The van der Waals surface area contributed by atoms with E-state index in [2.05, 4.69) is 19.5 Å². The molecule has 0 aliphatic carbocycles. The van der Waals surface area contributed by atoms with E-state index < -0.39 is 30.7 Å². The molecule has 0 bridgehead atoms. The number of rotatable bonds is 6. The molecule has 8 nitrogen and oxygen atoms in total. The molecule has 2 aromatic rings. The molecule has 0 fully saturated rings. The van der Waals surface area contributed by atoms with Crippen molar-refractivity contribution in [3.8, 4) is 11.5 Å². The normalized spacial score (nSPS) is 13.7. The van der Waals surface area contributed by atoms with Crippen LogP contribution in [0.25, 0.3) is 6.08 Å². The highest BCUT2D eigenvalue weighted by molar-refractivity contribution is 5.95. The number of alkyl halides is 2. The van der Waals surface area contributed by atoms with Crippen LogP contribution in [0.2, 0.25) is 0 Å². The third-order valence-electron chi connectivity index (χ3n) is 3.77. The lowest BCUT2D eigenvalue weighted by Gasteiger charge is -2.06. The number of halogens is 2. The number of hydrogen-bond acceptors (Lipinski definition) is 7. The molecule has 10 heteroatoms. The van der Waals surface area contributed by atoms with Crippen molar-refractivity contribution in [2.24, 2.45) is 0 Å². The first-order valence-corrected chi connectivity index (χ1v) is 8.49. The van der Waals surface area contributed by atoms with Gasteiger partial charge in [-0.15, -0.1) is 8.78 Å². The van der Waals surface area contributed by atoms with Crippen LogP contribution >= 0.6 is 0 Å². The Kier molecular flexibility index (Phi) is 5.95. The van der Waals surface area contributed by atoms with Crippen LogP contribution in [0.4, 0.5) is 14.5 Å². The molecule has 0 saturated heterocycles. The van der Waals surface area contributed by atoms with Gasteiger partial charge < -0.3 is 24.3 Å². The Hall–Kier alpha value is -3.95. The van der Waals surface area contributed by atoms with E-state index in [1.54, 1.807) is 12.1 Å². The number of carbonyl (C=O) groups excluding carboxylic acids is 3. The minimum atomic E-state index is -3.76. The van der Waals surface area contributed by atoms with Crippen molar-refractivity contribution in [1.29, 1.82) is 0 Å². The first kappa shape index (κ1) is 20.8. The highest BCUT2D eigenvalue weighted by Gasteiger charge is 2.43. The zero-order valence-electron chi connectivity index (χ0n) is 15.5. The highest BCUT2D eigenvalue weighted by atomic mass is 19.3. The van der Waals surface area contributed by atoms with Gasteiger partial charge in [-0.1, -0.05) is 12.1 Å². The molecule has 30 heavy (non-hydrogen) atoms. The second kappa shape index (κ2) is 8.60. The van der Waals surface area contributed by atoms with Crippen LogP contribution in [0.3, 0.4) is 0 Å². The maximum Gasteiger partial charge on any atom is 0.586 e. The highest BCUT2D eigenvalue weighted by Crippen LogP contribution is 2.42. The Morgan fingerprint density at radius 1 is 1.07 bits per heavy atom. The van der Waals surface area contributed by atoms with Crippen LogP contribution in [-0.2, 0) is 19.1 Å². The monoisotopic (exact) mass is 419 g/mol. The maximum atomic E-state index is 13.0. The first-order valence-electron chi connectivity index (χ1n) is 8.49. The van der Waals surface area contributed by atoms with Crippen LogP contribution < -0.4 is 14.8 Å². The van der Waals surface area contributed by atoms with Crippen molar-refractivity contribution < 1.29 is 42.1 Å². The summed E-state index contributed by atoms with van der Waals surface area (Å²) < 4.78 is 43.9. The average molecular weight is 419 g/mol. The summed E-state index contributed by atoms with van der Waals surface area (Å²) in [6, 6.07) is 9.98. The number of amides is 1. The van der Waals surface area contributed by atoms with Gasteiger partial charge in [0.1, 0.15) is 0 Å². The number of hydrogen-bond donors (Lipinski definition) is 1. The summed E-state index contributed by atoms with van der Waals surface area (Å²) in [5, 5.41) is 2.39. The predicted octanol–water partition coefficient (Wildman–Crippen LogP) is 2.99. The molecular weight excluding hydrogens is 404 g/mol. The van der Waals surface area contributed by atoms with Gasteiger partial charge in [0.2, 0.25) is 0 Å². The van der Waals surface area contributed by atoms with Gasteiger partial charge in [-0.05, 0) is 35.9 Å². The molecule has 0 saturated carbocycles. The quantitative estimate of drug-likeness (QED) is 0.568. The van der Waals surface area contributed by atoms with Gasteiger partial charge in [0.05, 0.1) is 12.7 Å². The number of carbonyl (C=O) groups is 3. The van der Waals surface area contributed by atoms with E-state index in [9.17, 15) is 23.2 Å². The molecule has 1 aliphatic rings. The van der Waals surface area contributed by atoms with Gasteiger partial charge in [0.15, 0.2) is 18.1 Å². The first-order chi connectivity index (χ1) is 14.3. The topological polar surface area (TPSA) is 100 Å². The number of fused-ring (bicyclic) bond motifs is 1. The molecule has 2 aromatic carbocycles. The zero-order chi connectivity index (χ0) is 21.7. The van der Waals surface area contributed by atoms with Crippen molar-refractivity contribution in [2.75, 3.05) is 19.0 Å². The van der Waals surface area contributed by atoms with Gasteiger partial charge >= 0.3 is 18.2 Å². The van der Waals surface area contributed by atoms with Gasteiger partial charge in [-0.3, -0.25) is 4.79 Å². The third-order valence-corrected chi connectivity index (χ3v) is 3.77. The molecule has 0 spiro atoms. The van der Waals surface area contributed by atoms with E-state index in [1.807, 2.05) is 0 Å². The van der Waals surface area contributed by atoms with Gasteiger partial charge in [-0.2, -0.15) is 0 Å². The minimum absolute atomic E-state index is 0.158. The summed E-state index contributed by atoms with van der Waals surface area (Å²) in [7, 11) is 1.27.